The summed E-state index contributed by atoms with van der Waals surface area (Å²) in [6, 6.07) is 0. The average molecular weight is 975 g/mol. The van der Waals surface area contributed by atoms with Crippen molar-refractivity contribution in [3.8, 4) is 0 Å². The molecule has 0 spiro atoms. The fraction of sp³-hybridized carbons (Fsp3) is 0.944. The molecule has 14 heteroatoms. The summed E-state index contributed by atoms with van der Waals surface area (Å²) in [5.41, 5.74) is 0. The molecule has 2 aliphatic rings. The largest absolute Gasteiger partial charge is 0.457 e. The van der Waals surface area contributed by atoms with Gasteiger partial charge in [-0.1, -0.05) is 193 Å². The summed E-state index contributed by atoms with van der Waals surface area (Å²) in [6.45, 7) is 3.71. The third-order valence-corrected chi connectivity index (χ3v) is 13.5. The SMILES string of the molecule is CCCCCCCC/C=C\CCCCCCCCOCC(COC1OC(COC2OC(CO)C(O)C(O)C2O)C(O)C(O)C1O)OC(=O)CCCCCCCCCCCCCCCCCCCC. The van der Waals surface area contributed by atoms with Gasteiger partial charge in [0.15, 0.2) is 12.6 Å². The van der Waals surface area contributed by atoms with Crippen molar-refractivity contribution in [2.45, 2.75) is 293 Å². The molecule has 0 amide bonds. The van der Waals surface area contributed by atoms with Crippen molar-refractivity contribution < 1.29 is 69.0 Å². The summed E-state index contributed by atoms with van der Waals surface area (Å²) in [4.78, 5) is 13.0. The minimum atomic E-state index is -1.70. The first-order valence-corrected chi connectivity index (χ1v) is 27.8. The van der Waals surface area contributed by atoms with Crippen LogP contribution in [0.4, 0.5) is 0 Å². The highest BCUT2D eigenvalue weighted by Gasteiger charge is 2.47. The lowest BCUT2D eigenvalue weighted by molar-refractivity contribution is -0.332. The van der Waals surface area contributed by atoms with Crippen molar-refractivity contribution in [2.24, 2.45) is 0 Å². The van der Waals surface area contributed by atoms with E-state index in [4.69, 9.17) is 28.4 Å². The molecule has 11 atom stereocenters. The Balaban J connectivity index is 1.74. The zero-order chi connectivity index (χ0) is 49.5. The summed E-state index contributed by atoms with van der Waals surface area (Å²) in [7, 11) is 0. The molecule has 2 fully saturated rings. The lowest BCUT2D eigenvalue weighted by Crippen LogP contribution is -2.61. The Bertz CT molecular complexity index is 1180. The van der Waals surface area contributed by atoms with Crippen molar-refractivity contribution >= 4 is 5.97 Å². The number of aliphatic hydroxyl groups excluding tert-OH is 7. The molecular weight excluding hydrogens is 873 g/mol. The highest BCUT2D eigenvalue weighted by Crippen LogP contribution is 2.27. The number of carbonyl (C=O) groups is 1. The van der Waals surface area contributed by atoms with Crippen molar-refractivity contribution in [1.29, 1.82) is 0 Å². The molecule has 402 valence electrons. The summed E-state index contributed by atoms with van der Waals surface area (Å²) < 4.78 is 34.3. The van der Waals surface area contributed by atoms with Gasteiger partial charge in [-0.05, 0) is 38.5 Å². The molecule has 0 aliphatic carbocycles. The molecule has 7 N–H and O–H groups in total. The highest BCUT2D eigenvalue weighted by molar-refractivity contribution is 5.69. The maximum Gasteiger partial charge on any atom is 0.306 e. The number of allylic oxidation sites excluding steroid dienone is 2. The second kappa shape index (κ2) is 42.3. The maximum atomic E-state index is 13.0. The smallest absolute Gasteiger partial charge is 0.306 e. The van der Waals surface area contributed by atoms with E-state index in [0.717, 1.165) is 44.9 Å². The summed E-state index contributed by atoms with van der Waals surface area (Å²) >= 11 is 0. The van der Waals surface area contributed by atoms with Crippen LogP contribution < -0.4 is 0 Å². The van der Waals surface area contributed by atoms with Gasteiger partial charge >= 0.3 is 5.97 Å². The molecule has 0 saturated carbocycles. The summed E-state index contributed by atoms with van der Waals surface area (Å²) in [5, 5.41) is 72.2. The van der Waals surface area contributed by atoms with Gasteiger partial charge in [0.1, 0.15) is 54.9 Å². The lowest BCUT2D eigenvalue weighted by atomic mass is 9.98. The Kier molecular flexibility index (Phi) is 39.1. The standard InChI is InChI=1S/C54H102O14/c1-3-5-7-9-11-13-15-17-19-21-22-23-25-27-29-31-33-35-37-46(56)66-43(40-63-38-36-34-32-30-28-26-24-20-18-16-14-12-10-8-6-4-2)41-64-53-52(62)50(60)48(58)45(68-53)42-65-54-51(61)49(59)47(57)44(39-55)67-54/h18,20,43-45,47-55,57-62H,3-17,19,21-42H2,1-2H3/b20-18-. The molecule has 0 aromatic heterocycles. The Morgan fingerprint density at radius 2 is 0.868 bits per heavy atom. The minimum Gasteiger partial charge on any atom is -0.457 e. The normalized spacial score (nSPS) is 25.9. The number of hydrogen-bond donors (Lipinski definition) is 7. The van der Waals surface area contributed by atoms with Gasteiger partial charge < -0.3 is 64.2 Å². The summed E-state index contributed by atoms with van der Waals surface area (Å²) in [5.74, 6) is -0.373. The van der Waals surface area contributed by atoms with Crippen molar-refractivity contribution in [1.82, 2.24) is 0 Å². The second-order valence-corrected chi connectivity index (χ2v) is 19.8. The lowest BCUT2D eigenvalue weighted by Gasteiger charge is -2.42. The number of carbonyl (C=O) groups excluding carboxylic acids is 1. The van der Waals surface area contributed by atoms with Gasteiger partial charge in [-0.25, -0.2) is 0 Å². The zero-order valence-electron chi connectivity index (χ0n) is 42.9. The quantitative estimate of drug-likeness (QED) is 0.0172. The minimum absolute atomic E-state index is 0.0631. The maximum absolute atomic E-state index is 13.0. The summed E-state index contributed by atoms with van der Waals surface area (Å²) in [6.07, 6.45) is 28.4. The first kappa shape index (κ1) is 62.8. The van der Waals surface area contributed by atoms with E-state index in [2.05, 4.69) is 26.0 Å². The van der Waals surface area contributed by atoms with Crippen molar-refractivity contribution in [3.63, 3.8) is 0 Å². The Labute approximate surface area is 412 Å². The number of aliphatic hydroxyl groups is 7. The van der Waals surface area contributed by atoms with Crippen LogP contribution in [0, 0.1) is 0 Å². The molecule has 0 radical (unpaired) electrons. The van der Waals surface area contributed by atoms with Gasteiger partial charge in [0.05, 0.1) is 26.4 Å². The topological polar surface area (TPSA) is 214 Å². The van der Waals surface area contributed by atoms with Crippen LogP contribution in [0.25, 0.3) is 0 Å². The first-order valence-electron chi connectivity index (χ1n) is 27.8. The van der Waals surface area contributed by atoms with Gasteiger partial charge in [0, 0.05) is 13.0 Å². The molecule has 2 heterocycles. The molecule has 0 aromatic rings. The third-order valence-electron chi connectivity index (χ3n) is 13.5. The number of unbranched alkanes of at least 4 members (excludes halogenated alkanes) is 29. The van der Waals surface area contributed by atoms with E-state index >= 15 is 0 Å². The van der Waals surface area contributed by atoms with Crippen LogP contribution in [0.1, 0.15) is 226 Å². The van der Waals surface area contributed by atoms with E-state index in [1.54, 1.807) is 0 Å². The molecular formula is C54H102O14. The number of rotatable bonds is 45. The number of hydrogen-bond acceptors (Lipinski definition) is 14. The average Bonchev–Trinajstić information content (AvgIpc) is 3.33. The molecule has 14 nitrogen and oxygen atoms in total. The van der Waals surface area contributed by atoms with Crippen molar-refractivity contribution in [3.05, 3.63) is 12.2 Å². The number of esters is 1. The Hall–Kier alpha value is -1.27. The fourth-order valence-electron chi connectivity index (χ4n) is 8.99. The van der Waals surface area contributed by atoms with Crippen LogP contribution in [0.15, 0.2) is 12.2 Å². The monoisotopic (exact) mass is 975 g/mol. The first-order chi connectivity index (χ1) is 33.1. The van der Waals surface area contributed by atoms with E-state index in [1.165, 1.54) is 154 Å². The van der Waals surface area contributed by atoms with Crippen LogP contribution in [0.2, 0.25) is 0 Å². The third kappa shape index (κ3) is 29.3. The van der Waals surface area contributed by atoms with Crippen LogP contribution in [-0.4, -0.2) is 142 Å². The van der Waals surface area contributed by atoms with E-state index in [9.17, 15) is 40.5 Å². The molecule has 68 heavy (non-hydrogen) atoms. The molecule has 11 unspecified atom stereocenters. The van der Waals surface area contributed by atoms with Gasteiger partial charge in [0.25, 0.3) is 0 Å². The fourth-order valence-corrected chi connectivity index (χ4v) is 8.99. The van der Waals surface area contributed by atoms with Gasteiger partial charge in [0.2, 0.25) is 0 Å². The Morgan fingerprint density at radius 3 is 1.34 bits per heavy atom. The predicted octanol–water partition coefficient (Wildman–Crippen LogP) is 9.02. The predicted molar refractivity (Wildman–Crippen MR) is 266 cm³/mol. The van der Waals surface area contributed by atoms with E-state index in [-0.39, 0.29) is 25.6 Å². The number of ether oxygens (including phenoxy) is 6. The Morgan fingerprint density at radius 1 is 0.471 bits per heavy atom. The van der Waals surface area contributed by atoms with Gasteiger partial charge in [-0.15, -0.1) is 0 Å². The second-order valence-electron chi connectivity index (χ2n) is 19.8. The highest BCUT2D eigenvalue weighted by atomic mass is 16.7. The van der Waals surface area contributed by atoms with Gasteiger partial charge in [-0.3, -0.25) is 4.79 Å². The molecule has 2 aliphatic heterocycles. The molecule has 2 rings (SSSR count). The zero-order valence-corrected chi connectivity index (χ0v) is 42.9. The van der Waals surface area contributed by atoms with Crippen LogP contribution in [-0.2, 0) is 33.2 Å². The molecule has 2 saturated heterocycles. The molecule has 0 aromatic carbocycles. The van der Waals surface area contributed by atoms with Crippen LogP contribution >= 0.6 is 0 Å². The van der Waals surface area contributed by atoms with Crippen LogP contribution in [0.3, 0.4) is 0 Å². The molecule has 0 bridgehead atoms. The van der Waals surface area contributed by atoms with Gasteiger partial charge in [-0.2, -0.15) is 0 Å². The van der Waals surface area contributed by atoms with E-state index < -0.39 is 80.7 Å². The van der Waals surface area contributed by atoms with E-state index in [1.807, 2.05) is 0 Å². The van der Waals surface area contributed by atoms with Crippen molar-refractivity contribution in [2.75, 3.05) is 33.0 Å². The van der Waals surface area contributed by atoms with Crippen LogP contribution in [0.5, 0.6) is 0 Å². The van der Waals surface area contributed by atoms with E-state index in [0.29, 0.717) is 13.0 Å².